The van der Waals surface area contributed by atoms with Crippen molar-refractivity contribution in [3.8, 4) is 5.75 Å². The van der Waals surface area contributed by atoms with Crippen LogP contribution in [0.2, 0.25) is 5.02 Å². The molecule has 180 valence electrons. The van der Waals surface area contributed by atoms with E-state index in [1.54, 1.807) is 42.5 Å². The standard InChI is InChI=1S/C26H29ClN2O4S/c1-26(2,3)20-9-15-23(16-10-20)33-18-17-28-25(30)19-29(22-13-11-21(27)12-14-22)34(31,32)24-7-5-4-6-8-24/h4-16H,17-19H2,1-3H3,(H,28,30). The normalized spacial score (nSPS) is 11.6. The van der Waals surface area contributed by atoms with Gasteiger partial charge in [0.05, 0.1) is 17.1 Å². The fourth-order valence-corrected chi connectivity index (χ4v) is 4.81. The largest absolute Gasteiger partial charge is 0.492 e. The van der Waals surface area contributed by atoms with Gasteiger partial charge in [0.15, 0.2) is 0 Å². The van der Waals surface area contributed by atoms with Crippen LogP contribution in [-0.4, -0.2) is 34.0 Å². The van der Waals surface area contributed by atoms with Gasteiger partial charge in [0.25, 0.3) is 10.0 Å². The van der Waals surface area contributed by atoms with Crippen molar-refractivity contribution < 1.29 is 17.9 Å². The fraction of sp³-hybridized carbons (Fsp3) is 0.269. The van der Waals surface area contributed by atoms with E-state index in [9.17, 15) is 13.2 Å². The second-order valence-corrected chi connectivity index (χ2v) is 11.1. The maximum absolute atomic E-state index is 13.3. The van der Waals surface area contributed by atoms with E-state index in [0.29, 0.717) is 16.5 Å². The summed E-state index contributed by atoms with van der Waals surface area (Å²) in [6.07, 6.45) is 0. The van der Waals surface area contributed by atoms with Crippen molar-refractivity contribution in [2.75, 3.05) is 24.0 Å². The van der Waals surface area contributed by atoms with Gasteiger partial charge in [-0.25, -0.2) is 8.42 Å². The number of sulfonamides is 1. The fourth-order valence-electron chi connectivity index (χ4n) is 3.24. The van der Waals surface area contributed by atoms with Crippen molar-refractivity contribution in [2.45, 2.75) is 31.1 Å². The Hall–Kier alpha value is -3.03. The highest BCUT2D eigenvalue weighted by molar-refractivity contribution is 7.92. The number of anilines is 1. The molecular weight excluding hydrogens is 472 g/mol. The molecule has 8 heteroatoms. The smallest absolute Gasteiger partial charge is 0.264 e. The summed E-state index contributed by atoms with van der Waals surface area (Å²) >= 11 is 5.96. The number of nitrogens with one attached hydrogen (secondary N) is 1. The van der Waals surface area contributed by atoms with Crippen LogP contribution in [0.15, 0.2) is 83.8 Å². The van der Waals surface area contributed by atoms with E-state index in [0.717, 1.165) is 4.31 Å². The van der Waals surface area contributed by atoms with Crippen LogP contribution < -0.4 is 14.4 Å². The lowest BCUT2D eigenvalue weighted by Gasteiger charge is -2.24. The quantitative estimate of drug-likeness (QED) is 0.418. The zero-order valence-corrected chi connectivity index (χ0v) is 21.1. The van der Waals surface area contributed by atoms with E-state index in [1.165, 1.54) is 17.7 Å². The lowest BCUT2D eigenvalue weighted by Crippen LogP contribution is -2.41. The lowest BCUT2D eigenvalue weighted by molar-refractivity contribution is -0.119. The minimum Gasteiger partial charge on any atom is -0.492 e. The van der Waals surface area contributed by atoms with Crippen LogP contribution in [0.3, 0.4) is 0 Å². The van der Waals surface area contributed by atoms with E-state index >= 15 is 0 Å². The van der Waals surface area contributed by atoms with Gasteiger partial charge in [-0.3, -0.25) is 9.10 Å². The Morgan fingerprint density at radius 1 is 0.941 bits per heavy atom. The molecule has 1 amide bonds. The van der Waals surface area contributed by atoms with Gasteiger partial charge in [-0.1, -0.05) is 62.7 Å². The van der Waals surface area contributed by atoms with Crippen molar-refractivity contribution in [1.29, 1.82) is 0 Å². The summed E-state index contributed by atoms with van der Waals surface area (Å²) in [6.45, 7) is 6.54. The van der Waals surface area contributed by atoms with Crippen LogP contribution in [0.4, 0.5) is 5.69 Å². The molecule has 0 spiro atoms. The average molecular weight is 501 g/mol. The van der Waals surface area contributed by atoms with Crippen LogP contribution in [0, 0.1) is 0 Å². The number of hydrogen-bond donors (Lipinski definition) is 1. The summed E-state index contributed by atoms with van der Waals surface area (Å²) in [4.78, 5) is 12.7. The topological polar surface area (TPSA) is 75.7 Å². The van der Waals surface area contributed by atoms with Gasteiger partial charge in [0.2, 0.25) is 5.91 Å². The zero-order valence-electron chi connectivity index (χ0n) is 19.5. The van der Waals surface area contributed by atoms with Crippen LogP contribution >= 0.6 is 11.6 Å². The second kappa shape index (κ2) is 10.9. The van der Waals surface area contributed by atoms with Gasteiger partial charge >= 0.3 is 0 Å². The van der Waals surface area contributed by atoms with Gasteiger partial charge in [-0.15, -0.1) is 0 Å². The van der Waals surface area contributed by atoms with E-state index in [-0.39, 0.29) is 30.0 Å². The minimum atomic E-state index is -3.95. The molecule has 0 aromatic heterocycles. The van der Waals surface area contributed by atoms with Gasteiger partial charge in [-0.05, 0) is 59.5 Å². The third kappa shape index (κ3) is 6.74. The summed E-state index contributed by atoms with van der Waals surface area (Å²) in [6, 6.07) is 22.1. The highest BCUT2D eigenvalue weighted by atomic mass is 35.5. The van der Waals surface area contributed by atoms with Gasteiger partial charge in [-0.2, -0.15) is 0 Å². The van der Waals surface area contributed by atoms with Crippen LogP contribution in [-0.2, 0) is 20.2 Å². The molecule has 3 aromatic carbocycles. The summed E-state index contributed by atoms with van der Waals surface area (Å²) in [5.74, 6) is 0.262. The number of carbonyl (C=O) groups excluding carboxylic acids is 1. The number of halogens is 1. The first-order valence-corrected chi connectivity index (χ1v) is 12.7. The van der Waals surface area contributed by atoms with Crippen LogP contribution in [0.25, 0.3) is 0 Å². The molecule has 0 aliphatic carbocycles. The Bertz CT molecular complexity index is 1190. The second-order valence-electron chi connectivity index (χ2n) is 8.77. The molecule has 0 saturated heterocycles. The Morgan fingerprint density at radius 2 is 1.56 bits per heavy atom. The van der Waals surface area contributed by atoms with Crippen LogP contribution in [0.5, 0.6) is 5.75 Å². The first kappa shape index (κ1) is 25.6. The Kier molecular flexibility index (Phi) is 8.23. The number of benzene rings is 3. The molecule has 0 heterocycles. The molecular formula is C26H29ClN2O4S. The molecule has 0 unspecified atom stereocenters. The Morgan fingerprint density at radius 3 is 2.15 bits per heavy atom. The number of rotatable bonds is 9. The third-order valence-electron chi connectivity index (χ3n) is 5.15. The first-order chi connectivity index (χ1) is 16.1. The van der Waals surface area contributed by atoms with Gasteiger partial charge in [0, 0.05) is 5.02 Å². The number of hydrogen-bond acceptors (Lipinski definition) is 4. The number of amides is 1. The first-order valence-electron chi connectivity index (χ1n) is 10.9. The summed E-state index contributed by atoms with van der Waals surface area (Å²) in [5.41, 5.74) is 1.61. The van der Waals surface area contributed by atoms with Crippen LogP contribution in [0.1, 0.15) is 26.3 Å². The van der Waals surface area contributed by atoms with E-state index < -0.39 is 15.9 Å². The van der Waals surface area contributed by atoms with Crippen molar-refractivity contribution in [2.24, 2.45) is 0 Å². The Labute approximate surface area is 206 Å². The lowest BCUT2D eigenvalue weighted by atomic mass is 9.87. The highest BCUT2D eigenvalue weighted by Crippen LogP contribution is 2.25. The van der Waals surface area contributed by atoms with Crippen molar-refractivity contribution >= 4 is 33.2 Å². The molecule has 34 heavy (non-hydrogen) atoms. The number of nitrogens with zero attached hydrogens (tertiary/aromatic N) is 1. The minimum absolute atomic E-state index is 0.0581. The van der Waals surface area contributed by atoms with Crippen molar-refractivity contribution in [1.82, 2.24) is 5.32 Å². The molecule has 3 rings (SSSR count). The molecule has 3 aromatic rings. The van der Waals surface area contributed by atoms with Gasteiger partial charge in [0.1, 0.15) is 18.9 Å². The molecule has 0 fully saturated rings. The monoisotopic (exact) mass is 500 g/mol. The molecule has 0 atom stereocenters. The summed E-state index contributed by atoms with van der Waals surface area (Å²) in [5, 5.41) is 3.20. The number of ether oxygens (including phenoxy) is 1. The van der Waals surface area contributed by atoms with Gasteiger partial charge < -0.3 is 10.1 Å². The van der Waals surface area contributed by atoms with E-state index in [1.807, 2.05) is 24.3 Å². The highest BCUT2D eigenvalue weighted by Gasteiger charge is 2.27. The summed E-state index contributed by atoms with van der Waals surface area (Å²) < 4.78 is 33.3. The predicted molar refractivity (Wildman–Crippen MR) is 136 cm³/mol. The zero-order chi connectivity index (χ0) is 24.8. The van der Waals surface area contributed by atoms with E-state index in [4.69, 9.17) is 16.3 Å². The molecule has 0 bridgehead atoms. The SMILES string of the molecule is CC(C)(C)c1ccc(OCCNC(=O)CN(c2ccc(Cl)cc2)S(=O)(=O)c2ccccc2)cc1. The third-order valence-corrected chi connectivity index (χ3v) is 7.19. The molecule has 1 N–H and O–H groups in total. The van der Waals surface area contributed by atoms with Crippen molar-refractivity contribution in [3.05, 3.63) is 89.4 Å². The summed E-state index contributed by atoms with van der Waals surface area (Å²) in [7, 11) is -3.95. The Balaban J connectivity index is 1.63. The molecule has 0 aliphatic rings. The van der Waals surface area contributed by atoms with E-state index in [2.05, 4.69) is 26.1 Å². The molecule has 0 saturated carbocycles. The molecule has 0 aliphatic heterocycles. The maximum Gasteiger partial charge on any atom is 0.264 e. The molecule has 0 radical (unpaired) electrons. The average Bonchev–Trinajstić information content (AvgIpc) is 2.81. The predicted octanol–water partition coefficient (Wildman–Crippen LogP) is 5.03. The van der Waals surface area contributed by atoms with Crippen molar-refractivity contribution in [3.63, 3.8) is 0 Å². The number of carbonyl (C=O) groups is 1. The maximum atomic E-state index is 13.3. The molecule has 6 nitrogen and oxygen atoms in total.